The van der Waals surface area contributed by atoms with Crippen LogP contribution in [0, 0.1) is 0 Å². The third-order valence-corrected chi connectivity index (χ3v) is 2.96. The maximum absolute atomic E-state index is 11.2. The van der Waals surface area contributed by atoms with Gasteiger partial charge in [0, 0.05) is 10.6 Å². The predicted octanol–water partition coefficient (Wildman–Crippen LogP) is 2.37. The Balaban J connectivity index is 2.39. The molecule has 0 radical (unpaired) electrons. The first-order valence-corrected chi connectivity index (χ1v) is 5.49. The zero-order valence-corrected chi connectivity index (χ0v) is 9.43. The molecule has 0 aliphatic carbocycles. The van der Waals surface area contributed by atoms with Crippen LogP contribution < -0.4 is 5.32 Å². The summed E-state index contributed by atoms with van der Waals surface area (Å²) in [6.45, 7) is 0. The maximum atomic E-state index is 11.2. The molecule has 0 atom stereocenters. The van der Waals surface area contributed by atoms with E-state index in [0.717, 1.165) is 11.8 Å². The van der Waals surface area contributed by atoms with Gasteiger partial charge in [-0.05, 0) is 36.0 Å². The number of rotatable bonds is 1. The van der Waals surface area contributed by atoms with Crippen LogP contribution in [-0.2, 0) is 4.79 Å². The fourth-order valence-electron chi connectivity index (χ4n) is 1.20. The molecule has 1 aromatic rings. The van der Waals surface area contributed by atoms with E-state index in [1.54, 1.807) is 0 Å². The van der Waals surface area contributed by atoms with Crippen LogP contribution in [0.4, 0.5) is 4.79 Å². The fourth-order valence-corrected chi connectivity index (χ4v) is 2.06. The van der Waals surface area contributed by atoms with Crippen molar-refractivity contribution in [2.24, 2.45) is 0 Å². The number of thioether (sulfide) groups is 1. The number of phenolic OH excluding ortho intramolecular Hbond substituents is 1. The lowest BCUT2D eigenvalue weighted by atomic mass is 10.2. The quantitative estimate of drug-likeness (QED) is 0.756. The molecular weight excluding hydrogens is 250 g/mol. The number of nitrogens with one attached hydrogen (secondary N) is 1. The van der Waals surface area contributed by atoms with Crippen LogP contribution >= 0.6 is 23.4 Å². The molecule has 0 bridgehead atoms. The number of imide groups is 1. The van der Waals surface area contributed by atoms with Crippen molar-refractivity contribution in [1.29, 1.82) is 0 Å². The van der Waals surface area contributed by atoms with Crippen LogP contribution in [0.25, 0.3) is 6.08 Å². The van der Waals surface area contributed by atoms with Gasteiger partial charge in [0.2, 0.25) is 0 Å². The van der Waals surface area contributed by atoms with E-state index in [4.69, 9.17) is 11.6 Å². The summed E-state index contributed by atoms with van der Waals surface area (Å²) < 4.78 is 0. The third-order valence-electron chi connectivity index (χ3n) is 1.92. The van der Waals surface area contributed by atoms with Crippen molar-refractivity contribution < 1.29 is 14.7 Å². The van der Waals surface area contributed by atoms with E-state index in [1.807, 2.05) is 0 Å². The van der Waals surface area contributed by atoms with Gasteiger partial charge in [-0.3, -0.25) is 14.9 Å². The van der Waals surface area contributed by atoms with Gasteiger partial charge in [-0.15, -0.1) is 0 Å². The molecule has 2 rings (SSSR count). The van der Waals surface area contributed by atoms with Gasteiger partial charge in [-0.2, -0.15) is 0 Å². The molecule has 4 nitrogen and oxygen atoms in total. The zero-order valence-electron chi connectivity index (χ0n) is 7.86. The average molecular weight is 256 g/mol. The van der Waals surface area contributed by atoms with Crippen molar-refractivity contribution in [2.75, 3.05) is 0 Å². The second kappa shape index (κ2) is 4.19. The lowest BCUT2D eigenvalue weighted by Crippen LogP contribution is -2.17. The van der Waals surface area contributed by atoms with Gasteiger partial charge in [0.15, 0.2) is 0 Å². The van der Waals surface area contributed by atoms with Gasteiger partial charge in [0.25, 0.3) is 11.1 Å². The molecule has 16 heavy (non-hydrogen) atoms. The Labute approximate surface area is 100 Å². The number of hydrogen-bond acceptors (Lipinski definition) is 4. The molecule has 0 unspecified atom stereocenters. The number of phenols is 1. The molecule has 1 heterocycles. The van der Waals surface area contributed by atoms with E-state index >= 15 is 0 Å². The number of carbonyl (C=O) groups is 2. The first-order chi connectivity index (χ1) is 7.56. The molecule has 82 valence electrons. The van der Waals surface area contributed by atoms with Crippen molar-refractivity contribution in [3.8, 4) is 5.75 Å². The molecule has 2 N–H and O–H groups in total. The van der Waals surface area contributed by atoms with E-state index in [0.29, 0.717) is 10.6 Å². The summed E-state index contributed by atoms with van der Waals surface area (Å²) in [4.78, 5) is 22.4. The highest BCUT2D eigenvalue weighted by Crippen LogP contribution is 2.29. The largest absolute Gasteiger partial charge is 0.507 e. The van der Waals surface area contributed by atoms with Crippen LogP contribution in [0.3, 0.4) is 0 Å². The SMILES string of the molecule is O=C1NC(=O)/C(=C\c2cc(Cl)ccc2O)S1. The summed E-state index contributed by atoms with van der Waals surface area (Å²) in [5.41, 5.74) is 0.403. The Morgan fingerprint density at radius 3 is 2.75 bits per heavy atom. The van der Waals surface area contributed by atoms with Crippen LogP contribution in [0.2, 0.25) is 5.02 Å². The molecular formula is C10H6ClNO3S. The zero-order chi connectivity index (χ0) is 11.7. The van der Waals surface area contributed by atoms with E-state index < -0.39 is 11.1 Å². The summed E-state index contributed by atoms with van der Waals surface area (Å²) in [5, 5.41) is 11.7. The maximum Gasteiger partial charge on any atom is 0.290 e. The molecule has 0 saturated carbocycles. The number of aromatic hydroxyl groups is 1. The number of halogens is 1. The summed E-state index contributed by atoms with van der Waals surface area (Å²) in [6, 6.07) is 4.47. The fraction of sp³-hybridized carbons (Fsp3) is 0. The predicted molar refractivity (Wildman–Crippen MR) is 62.2 cm³/mol. The minimum atomic E-state index is -0.464. The molecule has 1 aliphatic heterocycles. The van der Waals surface area contributed by atoms with Gasteiger partial charge in [-0.25, -0.2) is 0 Å². The number of benzene rings is 1. The lowest BCUT2D eigenvalue weighted by Gasteiger charge is -1.99. The van der Waals surface area contributed by atoms with E-state index in [1.165, 1.54) is 24.3 Å². The standard InChI is InChI=1S/C10H6ClNO3S/c11-6-1-2-7(13)5(3-6)4-8-9(14)12-10(15)16-8/h1-4,13H,(H,12,14,15)/b8-4+. The summed E-state index contributed by atoms with van der Waals surface area (Å²) in [6.07, 6.45) is 1.42. The minimum absolute atomic E-state index is 0.00430. The van der Waals surface area contributed by atoms with Gasteiger partial charge < -0.3 is 5.11 Å². The van der Waals surface area contributed by atoms with Crippen molar-refractivity contribution in [3.63, 3.8) is 0 Å². The Kier molecular flexibility index (Phi) is 2.89. The van der Waals surface area contributed by atoms with Gasteiger partial charge >= 0.3 is 0 Å². The molecule has 1 saturated heterocycles. The molecule has 0 aromatic heterocycles. The Morgan fingerprint density at radius 2 is 2.12 bits per heavy atom. The summed E-state index contributed by atoms with van der Waals surface area (Å²) in [5.74, 6) is -0.459. The summed E-state index contributed by atoms with van der Waals surface area (Å²) in [7, 11) is 0. The van der Waals surface area contributed by atoms with Crippen LogP contribution in [0.15, 0.2) is 23.1 Å². The first kappa shape index (κ1) is 11.0. The molecule has 1 fully saturated rings. The Bertz CT molecular complexity index is 513. The topological polar surface area (TPSA) is 66.4 Å². The van der Waals surface area contributed by atoms with Gasteiger partial charge in [-0.1, -0.05) is 11.6 Å². The molecule has 1 aliphatic rings. The van der Waals surface area contributed by atoms with Crippen LogP contribution in [0.5, 0.6) is 5.75 Å². The van der Waals surface area contributed by atoms with Crippen molar-refractivity contribution >= 4 is 40.6 Å². The Hall–Kier alpha value is -1.46. The number of amides is 2. The molecule has 2 amide bonds. The highest BCUT2D eigenvalue weighted by atomic mass is 35.5. The smallest absolute Gasteiger partial charge is 0.290 e. The van der Waals surface area contributed by atoms with Crippen molar-refractivity contribution in [1.82, 2.24) is 5.32 Å². The highest BCUT2D eigenvalue weighted by Gasteiger charge is 2.25. The van der Waals surface area contributed by atoms with Crippen LogP contribution in [-0.4, -0.2) is 16.3 Å². The second-order valence-corrected chi connectivity index (χ2v) is 4.51. The first-order valence-electron chi connectivity index (χ1n) is 4.29. The van der Waals surface area contributed by atoms with Gasteiger partial charge in [0.1, 0.15) is 5.75 Å². The molecule has 1 aromatic carbocycles. The minimum Gasteiger partial charge on any atom is -0.507 e. The Morgan fingerprint density at radius 1 is 1.38 bits per heavy atom. The lowest BCUT2D eigenvalue weighted by molar-refractivity contribution is -0.115. The average Bonchev–Trinajstić information content (AvgIpc) is 2.51. The molecule has 6 heteroatoms. The van der Waals surface area contributed by atoms with E-state index in [2.05, 4.69) is 5.32 Å². The highest BCUT2D eigenvalue weighted by molar-refractivity contribution is 8.18. The number of carbonyl (C=O) groups excluding carboxylic acids is 2. The van der Waals surface area contributed by atoms with Crippen LogP contribution in [0.1, 0.15) is 5.56 Å². The third kappa shape index (κ3) is 2.20. The number of hydrogen-bond donors (Lipinski definition) is 2. The monoisotopic (exact) mass is 255 g/mol. The van der Waals surface area contributed by atoms with Gasteiger partial charge in [0.05, 0.1) is 4.91 Å². The second-order valence-electron chi connectivity index (χ2n) is 3.06. The van der Waals surface area contributed by atoms with E-state index in [9.17, 15) is 14.7 Å². The normalized spacial score (nSPS) is 17.9. The van der Waals surface area contributed by atoms with Crippen molar-refractivity contribution in [2.45, 2.75) is 0 Å². The van der Waals surface area contributed by atoms with E-state index in [-0.39, 0.29) is 10.7 Å². The van der Waals surface area contributed by atoms with Crippen molar-refractivity contribution in [3.05, 3.63) is 33.7 Å². The molecule has 0 spiro atoms. The summed E-state index contributed by atoms with van der Waals surface area (Å²) >= 11 is 6.54.